The lowest BCUT2D eigenvalue weighted by atomic mass is 10.0. The van der Waals surface area contributed by atoms with Gasteiger partial charge in [-0.3, -0.25) is 0 Å². The monoisotopic (exact) mass is 218 g/mol. The van der Waals surface area contributed by atoms with Crippen LogP contribution in [0.1, 0.15) is 28.4 Å². The Hall–Kier alpha value is -1.77. The molecule has 1 aromatic carbocycles. The van der Waals surface area contributed by atoms with Crippen LogP contribution >= 0.6 is 0 Å². The van der Waals surface area contributed by atoms with Crippen LogP contribution in [0.2, 0.25) is 0 Å². The highest BCUT2D eigenvalue weighted by molar-refractivity contribution is 6.04. The maximum Gasteiger partial charge on any atom is 0.342 e. The number of hydrogen-bond donors (Lipinski definition) is 0. The van der Waals surface area contributed by atoms with Gasteiger partial charge >= 0.3 is 5.97 Å². The van der Waals surface area contributed by atoms with Gasteiger partial charge in [-0.25, -0.2) is 4.79 Å². The van der Waals surface area contributed by atoms with E-state index in [-0.39, 0.29) is 5.97 Å². The third kappa shape index (κ3) is 1.69. The maximum absolute atomic E-state index is 11.7. The molecule has 0 amide bonds. The first-order valence-corrected chi connectivity index (χ1v) is 5.29. The number of esters is 1. The molecule has 0 aliphatic heterocycles. The van der Waals surface area contributed by atoms with E-state index in [9.17, 15) is 4.79 Å². The largest absolute Gasteiger partial charge is 0.463 e. The van der Waals surface area contributed by atoms with Crippen molar-refractivity contribution in [2.24, 2.45) is 0 Å². The Morgan fingerprint density at radius 1 is 1.38 bits per heavy atom. The lowest BCUT2D eigenvalue weighted by molar-refractivity contribution is 0.0527. The summed E-state index contributed by atoms with van der Waals surface area (Å²) < 4.78 is 10.4. The van der Waals surface area contributed by atoms with E-state index < -0.39 is 0 Å². The Balaban J connectivity index is 2.60. The zero-order chi connectivity index (χ0) is 11.7. The van der Waals surface area contributed by atoms with Crippen LogP contribution in [0.15, 0.2) is 22.8 Å². The molecule has 1 aromatic heterocycles. The van der Waals surface area contributed by atoms with Gasteiger partial charge in [-0.2, -0.15) is 0 Å². The van der Waals surface area contributed by atoms with Gasteiger partial charge < -0.3 is 9.15 Å². The van der Waals surface area contributed by atoms with Crippen molar-refractivity contribution < 1.29 is 13.9 Å². The average Bonchev–Trinajstić information content (AvgIpc) is 2.61. The van der Waals surface area contributed by atoms with Gasteiger partial charge in [0.2, 0.25) is 0 Å². The van der Waals surface area contributed by atoms with E-state index in [1.54, 1.807) is 6.92 Å². The second-order valence-corrected chi connectivity index (χ2v) is 3.82. The SMILES string of the molecule is CCOC(=O)c1coc2cc(C)cc(C)c12. The van der Waals surface area contributed by atoms with E-state index >= 15 is 0 Å². The van der Waals surface area contributed by atoms with Crippen LogP contribution in [0, 0.1) is 13.8 Å². The number of carbonyl (C=O) groups is 1. The highest BCUT2D eigenvalue weighted by Gasteiger charge is 2.16. The van der Waals surface area contributed by atoms with Crippen molar-refractivity contribution in [1.82, 2.24) is 0 Å². The Bertz CT molecular complexity index is 537. The molecule has 0 bridgehead atoms. The molecule has 0 N–H and O–H groups in total. The number of furan rings is 1. The molecule has 0 radical (unpaired) electrons. The van der Waals surface area contributed by atoms with Gasteiger partial charge in [0.05, 0.1) is 6.61 Å². The van der Waals surface area contributed by atoms with Crippen LogP contribution in [-0.4, -0.2) is 12.6 Å². The molecule has 0 aliphatic carbocycles. The molecule has 1 heterocycles. The summed E-state index contributed by atoms with van der Waals surface area (Å²) >= 11 is 0. The van der Waals surface area contributed by atoms with Crippen molar-refractivity contribution >= 4 is 16.9 Å². The fourth-order valence-corrected chi connectivity index (χ4v) is 1.91. The molecule has 0 saturated carbocycles. The van der Waals surface area contributed by atoms with Crippen LogP contribution in [0.4, 0.5) is 0 Å². The molecular weight excluding hydrogens is 204 g/mol. The van der Waals surface area contributed by atoms with Gasteiger partial charge in [0.15, 0.2) is 0 Å². The minimum atomic E-state index is -0.326. The Labute approximate surface area is 94.0 Å². The fourth-order valence-electron chi connectivity index (χ4n) is 1.91. The van der Waals surface area contributed by atoms with Gasteiger partial charge in [0.25, 0.3) is 0 Å². The molecule has 0 unspecified atom stereocenters. The lowest BCUT2D eigenvalue weighted by Crippen LogP contribution is -2.03. The van der Waals surface area contributed by atoms with Crippen molar-refractivity contribution in [1.29, 1.82) is 0 Å². The molecule has 0 aliphatic rings. The summed E-state index contributed by atoms with van der Waals surface area (Å²) in [6.07, 6.45) is 1.47. The van der Waals surface area contributed by atoms with Crippen molar-refractivity contribution in [2.75, 3.05) is 6.61 Å². The zero-order valence-electron chi connectivity index (χ0n) is 9.66. The fraction of sp³-hybridized carbons (Fsp3) is 0.308. The number of carbonyl (C=O) groups excluding carboxylic acids is 1. The number of ether oxygens (including phenoxy) is 1. The first-order valence-electron chi connectivity index (χ1n) is 5.29. The van der Waals surface area contributed by atoms with Gasteiger partial charge in [0.1, 0.15) is 17.4 Å². The van der Waals surface area contributed by atoms with Crippen molar-refractivity contribution in [2.45, 2.75) is 20.8 Å². The Morgan fingerprint density at radius 2 is 2.12 bits per heavy atom. The number of rotatable bonds is 2. The number of benzene rings is 1. The summed E-state index contributed by atoms with van der Waals surface area (Å²) in [4.78, 5) is 11.7. The molecule has 0 atom stereocenters. The molecule has 2 aromatic rings. The molecule has 16 heavy (non-hydrogen) atoms. The maximum atomic E-state index is 11.7. The van der Waals surface area contributed by atoms with E-state index in [0.717, 1.165) is 22.1 Å². The third-order valence-corrected chi connectivity index (χ3v) is 2.51. The summed E-state index contributed by atoms with van der Waals surface area (Å²) in [6, 6.07) is 3.95. The van der Waals surface area contributed by atoms with Crippen LogP contribution in [0.3, 0.4) is 0 Å². The molecule has 3 heteroatoms. The number of hydrogen-bond acceptors (Lipinski definition) is 3. The van der Waals surface area contributed by atoms with Crippen LogP contribution in [0.5, 0.6) is 0 Å². The summed E-state index contributed by atoms with van der Waals surface area (Å²) in [6.45, 7) is 6.13. The second-order valence-electron chi connectivity index (χ2n) is 3.82. The van der Waals surface area contributed by atoms with E-state index in [2.05, 4.69) is 0 Å². The minimum absolute atomic E-state index is 0.326. The topological polar surface area (TPSA) is 39.4 Å². The van der Waals surface area contributed by atoms with Crippen molar-refractivity contribution in [3.63, 3.8) is 0 Å². The van der Waals surface area contributed by atoms with E-state index in [4.69, 9.17) is 9.15 Å². The van der Waals surface area contributed by atoms with E-state index in [1.807, 2.05) is 26.0 Å². The summed E-state index contributed by atoms with van der Waals surface area (Å²) in [5.41, 5.74) is 3.40. The molecule has 84 valence electrons. The van der Waals surface area contributed by atoms with Crippen molar-refractivity contribution in [3.05, 3.63) is 35.1 Å². The summed E-state index contributed by atoms with van der Waals surface area (Å²) in [5, 5.41) is 0.851. The molecule has 3 nitrogen and oxygen atoms in total. The zero-order valence-corrected chi connectivity index (χ0v) is 9.66. The van der Waals surface area contributed by atoms with Crippen molar-refractivity contribution in [3.8, 4) is 0 Å². The lowest BCUT2D eigenvalue weighted by Gasteiger charge is -2.02. The number of aryl methyl sites for hydroxylation is 2. The predicted molar refractivity (Wildman–Crippen MR) is 61.6 cm³/mol. The standard InChI is InChI=1S/C13H14O3/c1-4-15-13(14)10-7-16-11-6-8(2)5-9(3)12(10)11/h5-7H,4H2,1-3H3. The molecule has 2 rings (SSSR count). The predicted octanol–water partition coefficient (Wildman–Crippen LogP) is 3.23. The quantitative estimate of drug-likeness (QED) is 0.726. The van der Waals surface area contributed by atoms with Crippen LogP contribution < -0.4 is 0 Å². The molecule has 0 saturated heterocycles. The number of fused-ring (bicyclic) bond motifs is 1. The Kier molecular flexibility index (Phi) is 2.69. The minimum Gasteiger partial charge on any atom is -0.463 e. The second kappa shape index (κ2) is 4.00. The van der Waals surface area contributed by atoms with Crippen LogP contribution in [-0.2, 0) is 4.74 Å². The first kappa shape index (κ1) is 10.7. The first-order chi connectivity index (χ1) is 7.63. The average molecular weight is 218 g/mol. The van der Waals surface area contributed by atoms with E-state index in [0.29, 0.717) is 12.2 Å². The van der Waals surface area contributed by atoms with Gasteiger partial charge in [-0.05, 0) is 38.0 Å². The molecular formula is C13H14O3. The Morgan fingerprint density at radius 3 is 2.81 bits per heavy atom. The highest BCUT2D eigenvalue weighted by Crippen LogP contribution is 2.26. The summed E-state index contributed by atoms with van der Waals surface area (Å²) in [5.74, 6) is -0.326. The van der Waals surface area contributed by atoms with Gasteiger partial charge in [-0.15, -0.1) is 0 Å². The van der Waals surface area contributed by atoms with Crippen LogP contribution in [0.25, 0.3) is 11.0 Å². The smallest absolute Gasteiger partial charge is 0.342 e. The third-order valence-electron chi connectivity index (χ3n) is 2.51. The van der Waals surface area contributed by atoms with E-state index in [1.165, 1.54) is 6.26 Å². The van der Waals surface area contributed by atoms with Gasteiger partial charge in [-0.1, -0.05) is 6.07 Å². The molecule has 0 fully saturated rings. The normalized spacial score (nSPS) is 10.7. The van der Waals surface area contributed by atoms with Gasteiger partial charge in [0, 0.05) is 5.39 Å². The highest BCUT2D eigenvalue weighted by atomic mass is 16.5. The summed E-state index contributed by atoms with van der Waals surface area (Å²) in [7, 11) is 0. The molecule has 0 spiro atoms.